The van der Waals surface area contributed by atoms with E-state index in [9.17, 15) is 9.59 Å². The van der Waals surface area contributed by atoms with Crippen molar-refractivity contribution in [3.63, 3.8) is 0 Å². The predicted octanol–water partition coefficient (Wildman–Crippen LogP) is -1.35. The van der Waals surface area contributed by atoms with Crippen molar-refractivity contribution in [1.29, 1.82) is 0 Å². The number of aliphatic hydroxyl groups excluding tert-OH is 1. The topological polar surface area (TPSA) is 121 Å². The smallest absolute Gasteiger partial charge is 0.327 e. The summed E-state index contributed by atoms with van der Waals surface area (Å²) in [6.45, 7) is 2.46. The van der Waals surface area contributed by atoms with Gasteiger partial charge in [0.1, 0.15) is 6.04 Å². The highest BCUT2D eigenvalue weighted by atomic mass is 16.4. The zero-order valence-electron chi connectivity index (χ0n) is 6.30. The molecule has 0 saturated carbocycles. The fourth-order valence-corrected chi connectivity index (χ4v) is 0.0781. The number of carboxylic acids is 2. The van der Waals surface area contributed by atoms with Crippen LogP contribution < -0.4 is 5.73 Å². The van der Waals surface area contributed by atoms with Crippen molar-refractivity contribution in [3.05, 3.63) is 12.7 Å². The minimum absolute atomic E-state index is 0.505. The van der Waals surface area contributed by atoms with E-state index in [2.05, 4.69) is 6.58 Å². The van der Waals surface area contributed by atoms with Crippen molar-refractivity contribution >= 4 is 11.9 Å². The van der Waals surface area contributed by atoms with Crippen LogP contribution in [0.3, 0.4) is 0 Å². The first-order chi connectivity index (χ1) is 5.45. The van der Waals surface area contributed by atoms with Gasteiger partial charge in [-0.05, 0) is 0 Å². The lowest BCUT2D eigenvalue weighted by Gasteiger charge is -1.96. The monoisotopic (exact) mass is 177 g/mol. The second-order valence-electron chi connectivity index (χ2n) is 1.67. The molecule has 0 aliphatic rings. The molecule has 0 rings (SSSR count). The second-order valence-corrected chi connectivity index (χ2v) is 1.67. The molecule has 0 saturated heterocycles. The van der Waals surface area contributed by atoms with E-state index in [1.165, 1.54) is 0 Å². The van der Waals surface area contributed by atoms with Crippen LogP contribution in [0, 0.1) is 0 Å². The molecular formula is C6H11NO5. The van der Waals surface area contributed by atoms with Crippen LogP contribution in [0.2, 0.25) is 0 Å². The number of carboxylic acid groups (broad SMARTS) is 2. The molecule has 0 bridgehead atoms. The Bertz CT molecular complexity index is 167. The second kappa shape index (κ2) is 7.70. The van der Waals surface area contributed by atoms with Crippen LogP contribution in [0.5, 0.6) is 0 Å². The maximum atomic E-state index is 9.65. The van der Waals surface area contributed by atoms with E-state index >= 15 is 0 Å². The molecule has 0 heterocycles. The molecule has 5 N–H and O–H groups in total. The van der Waals surface area contributed by atoms with Crippen LogP contribution in [0.4, 0.5) is 0 Å². The molecule has 0 spiro atoms. The van der Waals surface area contributed by atoms with Crippen LogP contribution >= 0.6 is 0 Å². The van der Waals surface area contributed by atoms with Gasteiger partial charge in [0.05, 0.1) is 6.61 Å². The van der Waals surface area contributed by atoms with Gasteiger partial charge in [-0.1, -0.05) is 6.58 Å². The van der Waals surface area contributed by atoms with Gasteiger partial charge in [-0.25, -0.2) is 4.79 Å². The number of carbonyl (C=O) groups is 2. The molecule has 1 atom stereocenters. The van der Waals surface area contributed by atoms with Gasteiger partial charge in [-0.3, -0.25) is 4.79 Å². The maximum Gasteiger partial charge on any atom is 0.327 e. The zero-order valence-corrected chi connectivity index (χ0v) is 6.30. The van der Waals surface area contributed by atoms with Crippen LogP contribution in [-0.2, 0) is 9.59 Å². The summed E-state index contributed by atoms with van der Waals surface area (Å²) >= 11 is 0. The lowest BCUT2D eigenvalue weighted by atomic mass is 10.3. The Hall–Kier alpha value is -1.40. The standard InChI is InChI=1S/C3H7NO3.C3H4O2/c4-2(1-5)3(6)7;1-2-3(4)5/h2,5H,1,4H2,(H,6,7);2H,1H2,(H,4,5). The van der Waals surface area contributed by atoms with Crippen LogP contribution in [0.1, 0.15) is 0 Å². The highest BCUT2D eigenvalue weighted by molar-refractivity contribution is 5.78. The van der Waals surface area contributed by atoms with E-state index in [0.29, 0.717) is 0 Å². The Balaban J connectivity index is 0. The highest BCUT2D eigenvalue weighted by Gasteiger charge is 2.06. The molecule has 0 aliphatic carbocycles. The number of hydrogen-bond donors (Lipinski definition) is 4. The molecule has 6 heteroatoms. The highest BCUT2D eigenvalue weighted by Crippen LogP contribution is 1.71. The molecule has 0 aromatic rings. The molecule has 0 radical (unpaired) electrons. The lowest BCUT2D eigenvalue weighted by Crippen LogP contribution is -2.33. The minimum Gasteiger partial charge on any atom is -0.480 e. The molecule has 0 aliphatic heterocycles. The number of aliphatic hydroxyl groups is 1. The number of aliphatic carboxylic acids is 2. The molecule has 12 heavy (non-hydrogen) atoms. The number of rotatable bonds is 3. The summed E-state index contributed by atoms with van der Waals surface area (Å²) in [6.07, 6.45) is 0.833. The van der Waals surface area contributed by atoms with Crippen molar-refractivity contribution in [1.82, 2.24) is 0 Å². The minimum atomic E-state index is -1.18. The van der Waals surface area contributed by atoms with Gasteiger partial charge in [-0.15, -0.1) is 0 Å². The van der Waals surface area contributed by atoms with Crippen LogP contribution in [0.15, 0.2) is 12.7 Å². The van der Waals surface area contributed by atoms with Gasteiger partial charge in [0, 0.05) is 6.08 Å². The Morgan fingerprint density at radius 2 is 1.83 bits per heavy atom. The molecular weight excluding hydrogens is 166 g/mol. The fourth-order valence-electron chi connectivity index (χ4n) is 0.0781. The van der Waals surface area contributed by atoms with E-state index in [-0.39, 0.29) is 0 Å². The SMILES string of the molecule is C=CC(=O)O.NC(CO)C(=O)O. The summed E-state index contributed by atoms with van der Waals surface area (Å²) in [7, 11) is 0. The molecule has 6 nitrogen and oxygen atoms in total. The van der Waals surface area contributed by atoms with E-state index in [4.69, 9.17) is 21.1 Å². The maximum absolute atomic E-state index is 9.65. The average molecular weight is 177 g/mol. The first-order valence-electron chi connectivity index (χ1n) is 2.90. The van der Waals surface area contributed by atoms with Crippen molar-refractivity contribution in [2.45, 2.75) is 6.04 Å². The third kappa shape index (κ3) is 11.4. The molecule has 0 aromatic carbocycles. The van der Waals surface area contributed by atoms with Crippen LogP contribution in [0.25, 0.3) is 0 Å². The van der Waals surface area contributed by atoms with Crippen molar-refractivity contribution in [3.8, 4) is 0 Å². The summed E-state index contributed by atoms with van der Waals surface area (Å²) < 4.78 is 0. The van der Waals surface area contributed by atoms with Gasteiger partial charge >= 0.3 is 11.9 Å². The molecule has 0 fully saturated rings. The third-order valence-electron chi connectivity index (χ3n) is 0.689. The van der Waals surface area contributed by atoms with Gasteiger partial charge < -0.3 is 21.1 Å². The quantitative estimate of drug-likeness (QED) is 0.395. The Labute approximate surface area is 68.9 Å². The van der Waals surface area contributed by atoms with Crippen molar-refractivity contribution in [2.75, 3.05) is 6.61 Å². The summed E-state index contributed by atoms with van der Waals surface area (Å²) in [5.41, 5.74) is 4.77. The summed E-state index contributed by atoms with van der Waals surface area (Å²) in [5, 5.41) is 23.5. The summed E-state index contributed by atoms with van der Waals surface area (Å²) in [5.74, 6) is -2.16. The van der Waals surface area contributed by atoms with Gasteiger partial charge in [0.25, 0.3) is 0 Å². The zero-order chi connectivity index (χ0) is 10.1. The van der Waals surface area contributed by atoms with E-state index < -0.39 is 24.6 Å². The van der Waals surface area contributed by atoms with Crippen molar-refractivity contribution < 1.29 is 24.9 Å². The largest absolute Gasteiger partial charge is 0.480 e. The van der Waals surface area contributed by atoms with Crippen LogP contribution in [-0.4, -0.2) is 39.9 Å². The third-order valence-corrected chi connectivity index (χ3v) is 0.689. The summed E-state index contributed by atoms with van der Waals surface area (Å²) in [6, 6.07) is -1.13. The normalized spacial score (nSPS) is 10.5. The first-order valence-corrected chi connectivity index (χ1v) is 2.90. The Morgan fingerprint density at radius 3 is 1.83 bits per heavy atom. The first kappa shape index (κ1) is 13.2. The number of hydrogen-bond acceptors (Lipinski definition) is 4. The molecule has 0 aromatic heterocycles. The van der Waals surface area contributed by atoms with Gasteiger partial charge in [-0.2, -0.15) is 0 Å². The lowest BCUT2D eigenvalue weighted by molar-refractivity contribution is -0.139. The predicted molar refractivity (Wildman–Crippen MR) is 40.5 cm³/mol. The molecule has 0 amide bonds. The Morgan fingerprint density at radius 1 is 1.50 bits per heavy atom. The van der Waals surface area contributed by atoms with E-state index in [0.717, 1.165) is 6.08 Å². The van der Waals surface area contributed by atoms with Crippen molar-refractivity contribution in [2.24, 2.45) is 5.73 Å². The molecule has 1 unspecified atom stereocenters. The molecule has 70 valence electrons. The number of nitrogens with two attached hydrogens (primary N) is 1. The Kier molecular flexibility index (Phi) is 8.48. The van der Waals surface area contributed by atoms with Gasteiger partial charge in [0.2, 0.25) is 0 Å². The van der Waals surface area contributed by atoms with E-state index in [1.54, 1.807) is 0 Å². The summed E-state index contributed by atoms with van der Waals surface area (Å²) in [4.78, 5) is 18.9. The fraction of sp³-hybridized carbons (Fsp3) is 0.333. The van der Waals surface area contributed by atoms with E-state index in [1.807, 2.05) is 0 Å². The average Bonchev–Trinajstić information content (AvgIpc) is 2.04. The van der Waals surface area contributed by atoms with Gasteiger partial charge in [0.15, 0.2) is 0 Å².